The van der Waals surface area contributed by atoms with Gasteiger partial charge in [-0.1, -0.05) is 18.2 Å². The summed E-state index contributed by atoms with van der Waals surface area (Å²) in [5, 5.41) is 13.0. The molecule has 3 aromatic rings. The fourth-order valence-electron chi connectivity index (χ4n) is 4.48. The lowest BCUT2D eigenvalue weighted by Gasteiger charge is -2.34. The minimum atomic E-state index is -2.84. The summed E-state index contributed by atoms with van der Waals surface area (Å²) in [5.41, 5.74) is 2.64. The number of aryl methyl sites for hydroxylation is 1. The van der Waals surface area contributed by atoms with E-state index in [4.69, 9.17) is 0 Å². The van der Waals surface area contributed by atoms with Gasteiger partial charge >= 0.3 is 5.97 Å². The first-order chi connectivity index (χ1) is 15.6. The van der Waals surface area contributed by atoms with E-state index in [9.17, 15) is 18.7 Å². The molecule has 5 nitrogen and oxygen atoms in total. The average Bonchev–Trinajstić information content (AvgIpc) is 2.75. The molecular weight excluding hydrogens is 431 g/mol. The van der Waals surface area contributed by atoms with Gasteiger partial charge in [-0.15, -0.1) is 0 Å². The van der Waals surface area contributed by atoms with Gasteiger partial charge in [0.25, 0.3) is 5.92 Å². The molecule has 0 radical (unpaired) electrons. The zero-order valence-corrected chi connectivity index (χ0v) is 18.8. The van der Waals surface area contributed by atoms with E-state index in [-0.39, 0.29) is 23.4 Å². The Morgan fingerprint density at radius 3 is 2.67 bits per heavy atom. The predicted molar refractivity (Wildman–Crippen MR) is 123 cm³/mol. The van der Waals surface area contributed by atoms with E-state index in [1.165, 1.54) is 11.0 Å². The van der Waals surface area contributed by atoms with Gasteiger partial charge < -0.3 is 15.3 Å². The number of alkyl halides is 2. The number of carbonyl (C=O) groups is 1. The second kappa shape index (κ2) is 8.57. The van der Waals surface area contributed by atoms with Gasteiger partial charge in [-0.2, -0.15) is 0 Å². The first kappa shape index (κ1) is 22.9. The number of hydrogen-bond acceptors (Lipinski definition) is 4. The Bertz CT molecular complexity index is 1230. The molecule has 1 aromatic heterocycles. The topological polar surface area (TPSA) is 65.5 Å². The van der Waals surface area contributed by atoms with Crippen LogP contribution in [0.15, 0.2) is 36.4 Å². The maximum atomic E-state index is 15.5. The lowest BCUT2D eigenvalue weighted by atomic mass is 9.98. The number of aromatic nitrogens is 1. The van der Waals surface area contributed by atoms with Crippen LogP contribution < -0.4 is 10.2 Å². The van der Waals surface area contributed by atoms with Crippen LogP contribution in [0.4, 0.5) is 24.7 Å². The number of aromatic carboxylic acids is 1. The molecule has 1 aliphatic rings. The van der Waals surface area contributed by atoms with Crippen molar-refractivity contribution in [3.05, 3.63) is 64.5 Å². The van der Waals surface area contributed by atoms with Crippen LogP contribution in [0.5, 0.6) is 0 Å². The fraction of sp³-hybridized carbons (Fsp3) is 0.360. The molecule has 174 valence electrons. The van der Waals surface area contributed by atoms with Crippen LogP contribution in [0.25, 0.3) is 10.9 Å². The highest BCUT2D eigenvalue weighted by Gasteiger charge is 2.36. The summed E-state index contributed by atoms with van der Waals surface area (Å²) in [6, 6.07) is 9.67. The van der Waals surface area contributed by atoms with E-state index in [1.54, 1.807) is 31.2 Å². The van der Waals surface area contributed by atoms with Gasteiger partial charge in [-0.3, -0.25) is 0 Å². The van der Waals surface area contributed by atoms with Crippen molar-refractivity contribution in [3.63, 3.8) is 0 Å². The minimum absolute atomic E-state index is 0.118. The molecule has 1 atom stereocenters. The summed E-state index contributed by atoms with van der Waals surface area (Å²) in [6.07, 6.45) is 0.117. The average molecular weight is 457 g/mol. The van der Waals surface area contributed by atoms with Crippen LogP contribution in [0.3, 0.4) is 0 Å². The quantitative estimate of drug-likeness (QED) is 0.485. The number of carboxylic acids is 1. The van der Waals surface area contributed by atoms with Crippen LogP contribution in [-0.4, -0.2) is 35.1 Å². The smallest absolute Gasteiger partial charge is 0.337 e. The van der Waals surface area contributed by atoms with Crippen molar-refractivity contribution in [2.24, 2.45) is 0 Å². The normalized spacial score (nSPS) is 16.6. The molecule has 0 saturated carbocycles. The fourth-order valence-corrected chi connectivity index (χ4v) is 4.48. The van der Waals surface area contributed by atoms with Crippen LogP contribution in [0.1, 0.15) is 52.9 Å². The monoisotopic (exact) mass is 457 g/mol. The summed E-state index contributed by atoms with van der Waals surface area (Å²) in [6.45, 7) is 5.13. The van der Waals surface area contributed by atoms with E-state index >= 15 is 4.39 Å². The standard InChI is InChI=1S/C25H26F3N3O2/c1-14-11-18(16(3)29-20-8-5-4-7-17(20)24(32)33)22-19(12-14)21(26)15(2)23(30-22)31-10-6-9-25(27,28)13-31/h4-5,7-8,11-12,16,29H,6,9-10,13H2,1-3H3,(H,32,33)/t16-/m1/s1. The number of carboxylic acid groups (broad SMARTS) is 1. The molecule has 0 unspecified atom stereocenters. The van der Waals surface area contributed by atoms with E-state index in [0.29, 0.717) is 35.1 Å². The predicted octanol–water partition coefficient (Wildman–Crippen LogP) is 6.10. The maximum Gasteiger partial charge on any atom is 0.337 e. The number of fused-ring (bicyclic) bond motifs is 1. The van der Waals surface area contributed by atoms with Crippen molar-refractivity contribution in [3.8, 4) is 0 Å². The van der Waals surface area contributed by atoms with Crippen LogP contribution in [-0.2, 0) is 0 Å². The van der Waals surface area contributed by atoms with Gasteiger partial charge in [0, 0.05) is 35.2 Å². The molecule has 1 saturated heterocycles. The molecule has 2 N–H and O–H groups in total. The van der Waals surface area contributed by atoms with E-state index in [0.717, 1.165) is 5.56 Å². The van der Waals surface area contributed by atoms with Crippen molar-refractivity contribution in [2.45, 2.75) is 45.6 Å². The van der Waals surface area contributed by atoms with Gasteiger partial charge in [0.15, 0.2) is 0 Å². The second-order valence-corrected chi connectivity index (χ2v) is 8.72. The highest BCUT2D eigenvalue weighted by atomic mass is 19.3. The SMILES string of the molecule is Cc1cc([C@@H](C)Nc2ccccc2C(=O)O)c2nc(N3CCCC(F)(F)C3)c(C)c(F)c2c1. The Morgan fingerprint density at radius 2 is 1.97 bits per heavy atom. The molecule has 2 heterocycles. The Labute approximate surface area is 190 Å². The highest BCUT2D eigenvalue weighted by molar-refractivity contribution is 5.94. The third-order valence-electron chi connectivity index (χ3n) is 6.09. The molecule has 4 rings (SSSR count). The Balaban J connectivity index is 1.82. The van der Waals surface area contributed by atoms with Crippen molar-refractivity contribution in [2.75, 3.05) is 23.3 Å². The van der Waals surface area contributed by atoms with Crippen molar-refractivity contribution in [1.82, 2.24) is 4.98 Å². The molecule has 33 heavy (non-hydrogen) atoms. The lowest BCUT2D eigenvalue weighted by molar-refractivity contribution is -0.0119. The maximum absolute atomic E-state index is 15.5. The molecule has 8 heteroatoms. The molecular formula is C25H26F3N3O2. The van der Waals surface area contributed by atoms with Gasteiger partial charge in [0.05, 0.1) is 23.7 Å². The Morgan fingerprint density at radius 1 is 1.24 bits per heavy atom. The van der Waals surface area contributed by atoms with E-state index < -0.39 is 30.3 Å². The number of hydrogen-bond donors (Lipinski definition) is 2. The zero-order valence-electron chi connectivity index (χ0n) is 18.8. The van der Waals surface area contributed by atoms with E-state index in [2.05, 4.69) is 10.3 Å². The summed E-state index contributed by atoms with van der Waals surface area (Å²) in [4.78, 5) is 17.7. The second-order valence-electron chi connectivity index (χ2n) is 8.72. The van der Waals surface area contributed by atoms with E-state index in [1.807, 2.05) is 19.9 Å². The van der Waals surface area contributed by atoms with Crippen molar-refractivity contribution in [1.29, 1.82) is 0 Å². The number of benzene rings is 2. The number of nitrogens with zero attached hydrogens (tertiary/aromatic N) is 2. The van der Waals surface area contributed by atoms with Gasteiger partial charge in [-0.05, 0) is 51.0 Å². The molecule has 0 aliphatic carbocycles. The molecule has 0 amide bonds. The molecule has 1 aliphatic heterocycles. The highest BCUT2D eigenvalue weighted by Crippen LogP contribution is 2.36. The molecule has 0 bridgehead atoms. The third kappa shape index (κ3) is 4.47. The van der Waals surface area contributed by atoms with Crippen LogP contribution >= 0.6 is 0 Å². The van der Waals surface area contributed by atoms with Crippen molar-refractivity contribution >= 4 is 28.4 Å². The summed E-state index contributed by atoms with van der Waals surface area (Å²) >= 11 is 0. The summed E-state index contributed by atoms with van der Waals surface area (Å²) in [5.74, 6) is -4.16. The molecule has 0 spiro atoms. The number of rotatable bonds is 5. The number of nitrogens with one attached hydrogen (secondary N) is 1. The van der Waals surface area contributed by atoms with Crippen LogP contribution in [0, 0.1) is 19.7 Å². The first-order valence-electron chi connectivity index (χ1n) is 10.9. The minimum Gasteiger partial charge on any atom is -0.478 e. The number of piperidine rings is 1. The number of halogens is 3. The van der Waals surface area contributed by atoms with Crippen molar-refractivity contribution < 1.29 is 23.1 Å². The Hall–Kier alpha value is -3.29. The number of pyridine rings is 1. The largest absolute Gasteiger partial charge is 0.478 e. The molecule has 1 fully saturated rings. The zero-order chi connectivity index (χ0) is 23.9. The third-order valence-corrected chi connectivity index (χ3v) is 6.09. The number of anilines is 2. The Kier molecular flexibility index (Phi) is 5.95. The summed E-state index contributed by atoms with van der Waals surface area (Å²) < 4.78 is 43.6. The summed E-state index contributed by atoms with van der Waals surface area (Å²) in [7, 11) is 0. The number of para-hydroxylation sites is 1. The molecule has 2 aromatic carbocycles. The van der Waals surface area contributed by atoms with Crippen LogP contribution in [0.2, 0.25) is 0 Å². The lowest BCUT2D eigenvalue weighted by Crippen LogP contribution is -2.43. The van der Waals surface area contributed by atoms with Gasteiger partial charge in [0.2, 0.25) is 0 Å². The van der Waals surface area contributed by atoms with Gasteiger partial charge in [-0.25, -0.2) is 22.9 Å². The van der Waals surface area contributed by atoms with Gasteiger partial charge in [0.1, 0.15) is 11.6 Å². The first-order valence-corrected chi connectivity index (χ1v) is 10.9.